The highest BCUT2D eigenvalue weighted by Crippen LogP contribution is 2.23. The maximum atomic E-state index is 4.78. The summed E-state index contributed by atoms with van der Waals surface area (Å²) in [7, 11) is 0. The van der Waals surface area contributed by atoms with Crippen molar-refractivity contribution in [1.29, 1.82) is 0 Å². The van der Waals surface area contributed by atoms with Crippen molar-refractivity contribution < 1.29 is 0 Å². The Bertz CT molecular complexity index is 873. The second kappa shape index (κ2) is 6.68. The van der Waals surface area contributed by atoms with Gasteiger partial charge in [-0.3, -0.25) is 5.10 Å². The Hall–Kier alpha value is -2.67. The van der Waals surface area contributed by atoms with Crippen molar-refractivity contribution in [2.75, 3.05) is 29.9 Å². The molecule has 1 aliphatic heterocycles. The molecule has 1 unspecified atom stereocenters. The lowest BCUT2D eigenvalue weighted by Gasteiger charge is -2.21. The normalized spacial score (nSPS) is 18.3. The number of aromatic amines is 1. The van der Waals surface area contributed by atoms with Crippen molar-refractivity contribution in [3.63, 3.8) is 0 Å². The van der Waals surface area contributed by atoms with E-state index in [1.54, 1.807) is 0 Å². The molecule has 0 bridgehead atoms. The number of benzene rings is 1. The molecule has 3 N–H and O–H groups in total. The lowest BCUT2D eigenvalue weighted by molar-refractivity contribution is 0.566. The summed E-state index contributed by atoms with van der Waals surface area (Å²) < 4.78 is 0. The van der Waals surface area contributed by atoms with Crippen LogP contribution in [0.1, 0.15) is 18.9 Å². The summed E-state index contributed by atoms with van der Waals surface area (Å²) in [6.07, 6.45) is 4.81. The van der Waals surface area contributed by atoms with Gasteiger partial charge in [0.25, 0.3) is 0 Å². The van der Waals surface area contributed by atoms with Crippen molar-refractivity contribution in [3.8, 4) is 0 Å². The fraction of sp³-hybridized carbons (Fsp3) is 0.389. The molecule has 0 radical (unpaired) electrons. The lowest BCUT2D eigenvalue weighted by atomic mass is 10.2. The number of aryl methyl sites for hydroxylation is 1. The summed E-state index contributed by atoms with van der Waals surface area (Å²) in [6.45, 7) is 7.09. The van der Waals surface area contributed by atoms with Gasteiger partial charge in [0.1, 0.15) is 5.82 Å². The van der Waals surface area contributed by atoms with E-state index in [1.165, 1.54) is 0 Å². The maximum absolute atomic E-state index is 4.78. The minimum Gasteiger partial charge on any atom is -0.340 e. The summed E-state index contributed by atoms with van der Waals surface area (Å²) in [6, 6.07) is 6.65. The van der Waals surface area contributed by atoms with E-state index in [1.807, 2.05) is 31.5 Å². The predicted molar refractivity (Wildman–Crippen MR) is 100 cm³/mol. The summed E-state index contributed by atoms with van der Waals surface area (Å²) in [5.41, 5.74) is 3.04. The molecule has 1 atom stereocenters. The van der Waals surface area contributed by atoms with Gasteiger partial charge in [0.05, 0.1) is 11.7 Å². The quantitative estimate of drug-likeness (QED) is 0.681. The Morgan fingerprint density at radius 3 is 3.08 bits per heavy atom. The Balaban J connectivity index is 1.58. The molecule has 0 spiro atoms. The van der Waals surface area contributed by atoms with Crippen LogP contribution in [-0.4, -0.2) is 45.8 Å². The second-order valence-electron chi connectivity index (χ2n) is 6.63. The van der Waals surface area contributed by atoms with Gasteiger partial charge in [0, 0.05) is 48.5 Å². The molecule has 25 heavy (non-hydrogen) atoms. The largest absolute Gasteiger partial charge is 0.340 e. The van der Waals surface area contributed by atoms with Crippen LogP contribution in [0.5, 0.6) is 0 Å². The molecule has 130 valence electrons. The molecule has 1 saturated heterocycles. The van der Waals surface area contributed by atoms with E-state index in [2.05, 4.69) is 43.7 Å². The van der Waals surface area contributed by atoms with E-state index in [0.29, 0.717) is 6.04 Å². The average molecular weight is 337 g/mol. The third kappa shape index (κ3) is 3.41. The van der Waals surface area contributed by atoms with Crippen LogP contribution in [0.3, 0.4) is 0 Å². The van der Waals surface area contributed by atoms with Gasteiger partial charge in [-0.2, -0.15) is 10.1 Å². The first-order valence-corrected chi connectivity index (χ1v) is 8.71. The van der Waals surface area contributed by atoms with Gasteiger partial charge < -0.3 is 15.5 Å². The van der Waals surface area contributed by atoms with Crippen LogP contribution in [0.4, 0.5) is 17.5 Å². The van der Waals surface area contributed by atoms with Crippen molar-refractivity contribution in [2.45, 2.75) is 26.3 Å². The number of anilines is 3. The van der Waals surface area contributed by atoms with E-state index < -0.39 is 0 Å². The van der Waals surface area contributed by atoms with Crippen molar-refractivity contribution in [1.82, 2.24) is 25.5 Å². The van der Waals surface area contributed by atoms with E-state index in [0.717, 1.165) is 60.0 Å². The number of hydrogen-bond donors (Lipinski definition) is 3. The summed E-state index contributed by atoms with van der Waals surface area (Å²) in [5.74, 6) is 1.63. The molecule has 3 aromatic rings. The number of fused-ring (bicyclic) bond motifs is 1. The zero-order valence-corrected chi connectivity index (χ0v) is 14.6. The van der Waals surface area contributed by atoms with Crippen LogP contribution in [0, 0.1) is 6.92 Å². The molecular weight excluding hydrogens is 314 g/mol. The van der Waals surface area contributed by atoms with Crippen molar-refractivity contribution >= 4 is 28.4 Å². The first kappa shape index (κ1) is 15.8. The van der Waals surface area contributed by atoms with Gasteiger partial charge in [-0.05, 0) is 38.5 Å². The van der Waals surface area contributed by atoms with Gasteiger partial charge in [-0.15, -0.1) is 0 Å². The third-order valence-electron chi connectivity index (χ3n) is 4.65. The Kier molecular flexibility index (Phi) is 4.23. The topological polar surface area (TPSA) is 81.8 Å². The molecule has 1 aromatic carbocycles. The highest BCUT2D eigenvalue weighted by molar-refractivity contribution is 5.82. The van der Waals surface area contributed by atoms with Gasteiger partial charge in [0.2, 0.25) is 5.95 Å². The number of nitrogens with zero attached hydrogens (tertiary/aromatic N) is 4. The molecule has 0 saturated carbocycles. The fourth-order valence-electron chi connectivity index (χ4n) is 3.08. The molecule has 3 heterocycles. The molecule has 0 amide bonds. The van der Waals surface area contributed by atoms with Crippen LogP contribution in [0.15, 0.2) is 30.6 Å². The highest BCUT2D eigenvalue weighted by atomic mass is 15.3. The molecule has 2 aromatic heterocycles. The zero-order chi connectivity index (χ0) is 17.2. The highest BCUT2D eigenvalue weighted by Gasteiger charge is 2.16. The number of aromatic nitrogens is 4. The third-order valence-corrected chi connectivity index (χ3v) is 4.65. The Morgan fingerprint density at radius 2 is 2.16 bits per heavy atom. The Labute approximate surface area is 146 Å². The van der Waals surface area contributed by atoms with Crippen LogP contribution in [0.2, 0.25) is 0 Å². The molecule has 1 fully saturated rings. The van der Waals surface area contributed by atoms with E-state index in [-0.39, 0.29) is 0 Å². The number of rotatable bonds is 3. The second-order valence-corrected chi connectivity index (χ2v) is 6.63. The molecule has 7 heteroatoms. The summed E-state index contributed by atoms with van der Waals surface area (Å²) in [4.78, 5) is 11.6. The zero-order valence-electron chi connectivity index (χ0n) is 14.6. The molecule has 1 aliphatic rings. The predicted octanol–water partition coefficient (Wildman–Crippen LogP) is 2.59. The van der Waals surface area contributed by atoms with Crippen molar-refractivity contribution in [3.05, 3.63) is 36.2 Å². The standard InChI is InChI=1S/C18H23N7/c1-12-10-20-18(25-7-5-13(2)19-6-8-25)23-17(12)22-15-3-4-16-14(9-15)11-21-24-16/h3-4,9-11,13,19H,5-8H2,1-2H3,(H,21,24)(H,20,22,23). The summed E-state index contributed by atoms with van der Waals surface area (Å²) in [5, 5.41) is 15.0. The lowest BCUT2D eigenvalue weighted by Crippen LogP contribution is -2.30. The van der Waals surface area contributed by atoms with Gasteiger partial charge in [0.15, 0.2) is 0 Å². The van der Waals surface area contributed by atoms with Gasteiger partial charge >= 0.3 is 0 Å². The van der Waals surface area contributed by atoms with E-state index in [9.17, 15) is 0 Å². The monoisotopic (exact) mass is 337 g/mol. The first-order chi connectivity index (χ1) is 12.2. The minimum absolute atomic E-state index is 0.537. The van der Waals surface area contributed by atoms with Crippen LogP contribution in [0.25, 0.3) is 10.9 Å². The summed E-state index contributed by atoms with van der Waals surface area (Å²) >= 11 is 0. The van der Waals surface area contributed by atoms with E-state index in [4.69, 9.17) is 4.98 Å². The average Bonchev–Trinajstić information content (AvgIpc) is 2.97. The Morgan fingerprint density at radius 1 is 1.24 bits per heavy atom. The maximum Gasteiger partial charge on any atom is 0.227 e. The minimum atomic E-state index is 0.537. The number of H-pyrrole nitrogens is 1. The van der Waals surface area contributed by atoms with Crippen LogP contribution in [-0.2, 0) is 0 Å². The smallest absolute Gasteiger partial charge is 0.227 e. The number of hydrogen-bond acceptors (Lipinski definition) is 6. The van der Waals surface area contributed by atoms with Gasteiger partial charge in [-0.1, -0.05) is 0 Å². The van der Waals surface area contributed by atoms with Crippen molar-refractivity contribution in [2.24, 2.45) is 0 Å². The first-order valence-electron chi connectivity index (χ1n) is 8.71. The van der Waals surface area contributed by atoms with Crippen LogP contribution < -0.4 is 15.5 Å². The van der Waals surface area contributed by atoms with E-state index >= 15 is 0 Å². The molecular formula is C18H23N7. The van der Waals surface area contributed by atoms with Gasteiger partial charge in [-0.25, -0.2) is 4.98 Å². The molecule has 4 rings (SSSR count). The van der Waals surface area contributed by atoms with Crippen LogP contribution >= 0.6 is 0 Å². The fourth-order valence-corrected chi connectivity index (χ4v) is 3.08. The molecule has 7 nitrogen and oxygen atoms in total. The number of nitrogens with one attached hydrogen (secondary N) is 3. The SMILES string of the molecule is Cc1cnc(N2CCNC(C)CC2)nc1Nc1ccc2[nH]ncc2c1. The molecule has 0 aliphatic carbocycles.